The molecule has 2 N–H and O–H groups in total. The summed E-state index contributed by atoms with van der Waals surface area (Å²) >= 11 is 1.47. The van der Waals surface area contributed by atoms with Crippen molar-refractivity contribution in [2.24, 2.45) is 0 Å². The number of rotatable bonds is 5. The van der Waals surface area contributed by atoms with Crippen molar-refractivity contribution in [2.75, 3.05) is 21.3 Å². The van der Waals surface area contributed by atoms with E-state index in [0.717, 1.165) is 4.88 Å². The first-order valence-corrected chi connectivity index (χ1v) is 8.83. The Morgan fingerprint density at radius 2 is 1.48 bits per heavy atom. The summed E-state index contributed by atoms with van der Waals surface area (Å²) in [6, 6.07) is 7.10. The van der Waals surface area contributed by atoms with Crippen LogP contribution in [0.3, 0.4) is 0 Å². The van der Waals surface area contributed by atoms with Gasteiger partial charge in [0.05, 0.1) is 21.3 Å². The van der Waals surface area contributed by atoms with Gasteiger partial charge in [-0.15, -0.1) is 11.3 Å². The van der Waals surface area contributed by atoms with Crippen molar-refractivity contribution < 1.29 is 14.2 Å². The smallest absolute Gasteiger partial charge is 0.272 e. The second-order valence-corrected chi connectivity index (χ2v) is 6.48. The van der Waals surface area contributed by atoms with Crippen molar-refractivity contribution in [3.05, 3.63) is 71.5 Å². The van der Waals surface area contributed by atoms with Crippen molar-refractivity contribution in [1.29, 1.82) is 0 Å². The van der Waals surface area contributed by atoms with E-state index in [4.69, 9.17) is 14.2 Å². The van der Waals surface area contributed by atoms with Crippen molar-refractivity contribution in [3.63, 3.8) is 0 Å². The Morgan fingerprint density at radius 1 is 0.889 bits per heavy atom. The van der Waals surface area contributed by atoms with Gasteiger partial charge in [0.2, 0.25) is 5.75 Å². The molecule has 27 heavy (non-hydrogen) atoms. The lowest BCUT2D eigenvalue weighted by Gasteiger charge is -2.12. The maximum absolute atomic E-state index is 12.4. The zero-order valence-corrected chi connectivity index (χ0v) is 15.8. The lowest BCUT2D eigenvalue weighted by atomic mass is 10.1. The number of benzene rings is 1. The normalized spacial score (nSPS) is 12.3. The molecule has 0 saturated heterocycles. The molecule has 2 heterocycles. The molecule has 0 unspecified atom stereocenters. The monoisotopic (exact) mass is 386 g/mol. The molecule has 8 heteroatoms. The summed E-state index contributed by atoms with van der Waals surface area (Å²) in [5, 5.41) is 2.21. The van der Waals surface area contributed by atoms with E-state index >= 15 is 0 Å². The topological polar surface area (TPSA) is 93.4 Å². The number of aromatic nitrogens is 2. The van der Waals surface area contributed by atoms with Crippen molar-refractivity contribution in [1.82, 2.24) is 9.97 Å². The molecule has 2 aromatic heterocycles. The van der Waals surface area contributed by atoms with Gasteiger partial charge in [0.15, 0.2) is 11.5 Å². The van der Waals surface area contributed by atoms with Gasteiger partial charge in [-0.05, 0) is 41.3 Å². The molecule has 3 rings (SSSR count). The number of nitrogens with one attached hydrogen (secondary N) is 2. The van der Waals surface area contributed by atoms with Crippen LogP contribution in [0.4, 0.5) is 0 Å². The van der Waals surface area contributed by atoms with Crippen LogP contribution in [0.2, 0.25) is 0 Å². The van der Waals surface area contributed by atoms with Crippen LogP contribution in [0.5, 0.6) is 17.2 Å². The third kappa shape index (κ3) is 3.95. The fourth-order valence-electron chi connectivity index (χ4n) is 2.56. The van der Waals surface area contributed by atoms with Gasteiger partial charge in [-0.25, -0.2) is 0 Å². The Kier molecular flexibility index (Phi) is 5.46. The number of hydrogen-bond donors (Lipinski definition) is 2. The Bertz CT molecular complexity index is 1150. The number of H-pyrrole nitrogens is 2. The van der Waals surface area contributed by atoms with E-state index in [2.05, 4.69) is 9.97 Å². The Balaban J connectivity index is 2.15. The van der Waals surface area contributed by atoms with E-state index in [1.807, 2.05) is 17.5 Å². The highest BCUT2D eigenvalue weighted by Crippen LogP contribution is 2.38. The minimum atomic E-state index is -0.411. The molecule has 0 bridgehead atoms. The molecular formula is C19H18N2O5S. The molecule has 3 aromatic rings. The van der Waals surface area contributed by atoms with E-state index in [9.17, 15) is 9.59 Å². The van der Waals surface area contributed by atoms with E-state index in [0.29, 0.717) is 22.8 Å². The molecule has 1 aromatic carbocycles. The number of ether oxygens (including phenoxy) is 3. The molecule has 0 aliphatic heterocycles. The predicted molar refractivity (Wildman–Crippen MR) is 104 cm³/mol. The molecule has 0 radical (unpaired) electrons. The lowest BCUT2D eigenvalue weighted by molar-refractivity contribution is 0.324. The Morgan fingerprint density at radius 3 is 1.96 bits per heavy atom. The summed E-state index contributed by atoms with van der Waals surface area (Å²) in [5.41, 5.74) is -0.187. The molecule has 7 nitrogen and oxygen atoms in total. The fraction of sp³-hybridized carbons (Fsp3) is 0.158. The molecule has 140 valence electrons. The first kappa shape index (κ1) is 18.5. The van der Waals surface area contributed by atoms with Crippen LogP contribution in [0.15, 0.2) is 39.2 Å². The first-order chi connectivity index (χ1) is 13.0. The largest absolute Gasteiger partial charge is 0.493 e. The third-order valence-electron chi connectivity index (χ3n) is 3.81. The highest BCUT2D eigenvalue weighted by Gasteiger charge is 2.12. The summed E-state index contributed by atoms with van der Waals surface area (Å²) in [5.74, 6) is 1.34. The molecule has 0 amide bonds. The highest BCUT2D eigenvalue weighted by atomic mass is 32.1. The molecule has 0 fully saturated rings. The van der Waals surface area contributed by atoms with Gasteiger partial charge in [-0.2, -0.15) is 0 Å². The summed E-state index contributed by atoms with van der Waals surface area (Å²) in [7, 11) is 4.52. The minimum Gasteiger partial charge on any atom is -0.493 e. The average molecular weight is 386 g/mol. The second-order valence-electron chi connectivity index (χ2n) is 5.50. The summed E-state index contributed by atoms with van der Waals surface area (Å²) in [6.45, 7) is 0. The predicted octanol–water partition coefficient (Wildman–Crippen LogP) is 0.808. The SMILES string of the molecule is COc1cc(/C=c2/[nH]c(=O)/c(=C/c3cccs3)[nH]c2=O)cc(OC)c1OC. The van der Waals surface area contributed by atoms with E-state index < -0.39 is 5.56 Å². The third-order valence-corrected chi connectivity index (χ3v) is 4.63. The Labute approximate surface area is 158 Å². The fourth-order valence-corrected chi connectivity index (χ4v) is 3.22. The van der Waals surface area contributed by atoms with E-state index in [-0.39, 0.29) is 16.3 Å². The number of thiophene rings is 1. The number of hydrogen-bond acceptors (Lipinski definition) is 6. The minimum absolute atomic E-state index is 0.123. The average Bonchev–Trinajstić information content (AvgIpc) is 3.18. The zero-order valence-electron chi connectivity index (χ0n) is 15.0. The van der Waals surface area contributed by atoms with Gasteiger partial charge in [0, 0.05) is 4.88 Å². The van der Waals surface area contributed by atoms with Crippen LogP contribution in [0.25, 0.3) is 12.2 Å². The first-order valence-electron chi connectivity index (χ1n) is 7.95. The summed E-state index contributed by atoms with van der Waals surface area (Å²) in [6.07, 6.45) is 3.17. The van der Waals surface area contributed by atoms with Gasteiger partial charge >= 0.3 is 0 Å². The molecular weight excluding hydrogens is 368 g/mol. The molecule has 0 aliphatic carbocycles. The van der Waals surface area contributed by atoms with Crippen molar-refractivity contribution in [2.45, 2.75) is 0 Å². The van der Waals surface area contributed by atoms with Gasteiger partial charge in [-0.1, -0.05) is 6.07 Å². The van der Waals surface area contributed by atoms with E-state index in [1.54, 1.807) is 24.3 Å². The Hall–Kier alpha value is -3.26. The van der Waals surface area contributed by atoms with Crippen LogP contribution in [-0.4, -0.2) is 31.3 Å². The van der Waals surface area contributed by atoms with Crippen molar-refractivity contribution in [3.8, 4) is 17.2 Å². The van der Waals surface area contributed by atoms with Crippen LogP contribution in [0.1, 0.15) is 10.4 Å². The quantitative estimate of drug-likeness (QED) is 0.677. The number of aromatic amines is 2. The highest BCUT2D eigenvalue weighted by molar-refractivity contribution is 7.10. The standard InChI is InChI=1S/C19H18N2O5S/c1-24-15-8-11(9-16(25-2)17(15)26-3)7-13-18(22)21-14(19(23)20-13)10-12-5-4-6-27-12/h4-10H,1-3H3,(H,20,23)(H,21,22)/b13-7+,14-10-. The molecule has 0 spiro atoms. The van der Waals surface area contributed by atoms with Crippen molar-refractivity contribution >= 4 is 23.5 Å². The van der Waals surface area contributed by atoms with Crippen LogP contribution < -0.4 is 36.0 Å². The molecule has 0 aliphatic rings. The zero-order chi connectivity index (χ0) is 19.4. The second kappa shape index (κ2) is 7.96. The maximum atomic E-state index is 12.4. The number of methoxy groups -OCH3 is 3. The van der Waals surface area contributed by atoms with Gasteiger partial charge in [0.25, 0.3) is 11.1 Å². The summed E-state index contributed by atoms with van der Waals surface area (Å²) in [4.78, 5) is 30.8. The lowest BCUT2D eigenvalue weighted by Crippen LogP contribution is -2.46. The van der Waals surface area contributed by atoms with Crippen LogP contribution in [0, 0.1) is 0 Å². The van der Waals surface area contributed by atoms with E-state index in [1.165, 1.54) is 32.7 Å². The van der Waals surface area contributed by atoms with Gasteiger partial charge in [0.1, 0.15) is 10.7 Å². The molecule has 0 atom stereocenters. The van der Waals surface area contributed by atoms with Crippen LogP contribution >= 0.6 is 11.3 Å². The maximum Gasteiger partial charge on any atom is 0.272 e. The van der Waals surface area contributed by atoms with Gasteiger partial charge < -0.3 is 24.2 Å². The summed E-state index contributed by atoms with van der Waals surface area (Å²) < 4.78 is 15.9. The van der Waals surface area contributed by atoms with Gasteiger partial charge in [-0.3, -0.25) is 9.59 Å². The molecule has 0 saturated carbocycles. The van der Waals surface area contributed by atoms with Crippen LogP contribution in [-0.2, 0) is 0 Å².